The summed E-state index contributed by atoms with van der Waals surface area (Å²) >= 11 is 0. The van der Waals surface area contributed by atoms with Crippen LogP contribution < -0.4 is 16.1 Å². The molecule has 0 saturated heterocycles. The summed E-state index contributed by atoms with van der Waals surface area (Å²) in [6.45, 7) is 3.11. The van der Waals surface area contributed by atoms with E-state index in [1.807, 2.05) is 6.07 Å². The number of azo groups is 1. The molecular weight excluding hydrogens is 472 g/mol. The molecule has 190 valence electrons. The van der Waals surface area contributed by atoms with Crippen LogP contribution >= 0.6 is 0 Å². The molecule has 0 unspecified atom stereocenters. The average Bonchev–Trinajstić information content (AvgIpc) is 2.90. The lowest BCUT2D eigenvalue weighted by Gasteiger charge is -2.18. The smallest absolute Gasteiger partial charge is 0.271 e. The summed E-state index contributed by atoms with van der Waals surface area (Å²) in [5.41, 5.74) is 5.91. The Hall–Kier alpha value is -4.86. The fourth-order valence-corrected chi connectivity index (χ4v) is 3.48. The van der Waals surface area contributed by atoms with E-state index in [0.29, 0.717) is 16.8 Å². The van der Waals surface area contributed by atoms with Gasteiger partial charge in [0.25, 0.3) is 5.91 Å². The first-order chi connectivity index (χ1) is 17.8. The van der Waals surface area contributed by atoms with Gasteiger partial charge in [0.2, 0.25) is 11.8 Å². The van der Waals surface area contributed by atoms with Gasteiger partial charge >= 0.3 is 0 Å². The van der Waals surface area contributed by atoms with E-state index in [1.165, 1.54) is 26.3 Å². The summed E-state index contributed by atoms with van der Waals surface area (Å²) in [6.07, 6.45) is 1.74. The summed E-state index contributed by atoms with van der Waals surface area (Å²) < 4.78 is 0. The van der Waals surface area contributed by atoms with Gasteiger partial charge < -0.3 is 15.7 Å². The number of likely N-dealkylation sites (N-methyl/N-ethyl adjacent to an activating group) is 1. The van der Waals surface area contributed by atoms with E-state index in [9.17, 15) is 19.5 Å². The first-order valence-corrected chi connectivity index (χ1v) is 11.5. The lowest BCUT2D eigenvalue weighted by Crippen LogP contribution is -2.46. The first-order valence-electron chi connectivity index (χ1n) is 11.5. The van der Waals surface area contributed by atoms with E-state index in [-0.39, 0.29) is 35.6 Å². The zero-order chi connectivity index (χ0) is 26.8. The molecular formula is C27H28N6O4. The third-order valence-electron chi connectivity index (χ3n) is 5.46. The van der Waals surface area contributed by atoms with E-state index in [4.69, 9.17) is 0 Å². The van der Waals surface area contributed by atoms with Crippen LogP contribution in [0.15, 0.2) is 82.1 Å². The Kier molecular flexibility index (Phi) is 9.20. The van der Waals surface area contributed by atoms with Gasteiger partial charge in [0, 0.05) is 26.0 Å². The number of hydrazone groups is 1. The number of benzene rings is 3. The van der Waals surface area contributed by atoms with Gasteiger partial charge in [0.1, 0.15) is 17.5 Å². The molecule has 0 radical (unpaired) electrons. The minimum absolute atomic E-state index is 0.0565. The number of amides is 3. The Bertz CT molecular complexity index is 1320. The standard InChI is InChI=1S/C27H28N6O4/c1-17-21(15-23(27(37)28-3)30-18(2)34)11-14-24(35)25(17)32-31-22-12-9-19(10-13-22)16-29-33-26(36)20-7-5-4-6-8-20/h4-14,16,23,35H,15H2,1-3H3,(H,28,37)(H,30,34)(H,33,36)/b29-16-,32-31+/t23-/m0/s1. The minimum Gasteiger partial charge on any atom is -0.506 e. The number of carbonyl (C=O) groups is 3. The monoisotopic (exact) mass is 500 g/mol. The maximum Gasteiger partial charge on any atom is 0.271 e. The Labute approximate surface area is 214 Å². The van der Waals surface area contributed by atoms with Crippen LogP contribution in [0.3, 0.4) is 0 Å². The molecule has 0 aliphatic heterocycles. The molecule has 0 bridgehead atoms. The van der Waals surface area contributed by atoms with Crippen molar-refractivity contribution in [2.75, 3.05) is 7.05 Å². The molecule has 37 heavy (non-hydrogen) atoms. The van der Waals surface area contributed by atoms with Crippen molar-refractivity contribution in [2.24, 2.45) is 15.3 Å². The first kappa shape index (κ1) is 26.7. The van der Waals surface area contributed by atoms with Gasteiger partial charge in [-0.25, -0.2) is 5.43 Å². The second-order valence-corrected chi connectivity index (χ2v) is 8.15. The number of aromatic hydroxyl groups is 1. The molecule has 10 nitrogen and oxygen atoms in total. The van der Waals surface area contributed by atoms with Crippen molar-refractivity contribution in [1.82, 2.24) is 16.1 Å². The molecule has 1 atom stereocenters. The lowest BCUT2D eigenvalue weighted by molar-refractivity contribution is -0.127. The highest BCUT2D eigenvalue weighted by molar-refractivity contribution is 5.94. The Morgan fingerprint density at radius 3 is 2.32 bits per heavy atom. The molecule has 3 aromatic carbocycles. The van der Waals surface area contributed by atoms with E-state index < -0.39 is 6.04 Å². The van der Waals surface area contributed by atoms with Crippen molar-refractivity contribution in [2.45, 2.75) is 26.3 Å². The van der Waals surface area contributed by atoms with Crippen LogP contribution in [0, 0.1) is 6.92 Å². The van der Waals surface area contributed by atoms with Crippen molar-refractivity contribution < 1.29 is 19.5 Å². The number of phenolic OH excluding ortho intramolecular Hbond substituents is 1. The van der Waals surface area contributed by atoms with Gasteiger partial charge in [0.05, 0.1) is 11.9 Å². The second kappa shape index (κ2) is 12.7. The SMILES string of the molecule is CNC(=O)[C@H](Cc1ccc(O)c(/N=N/c2ccc(/C=N\NC(=O)c3ccccc3)cc2)c1C)NC(C)=O. The number of nitrogens with one attached hydrogen (secondary N) is 3. The number of rotatable bonds is 9. The Morgan fingerprint density at radius 1 is 0.973 bits per heavy atom. The fourth-order valence-electron chi connectivity index (χ4n) is 3.48. The highest BCUT2D eigenvalue weighted by Gasteiger charge is 2.21. The van der Waals surface area contributed by atoms with Crippen molar-refractivity contribution in [3.8, 4) is 5.75 Å². The quantitative estimate of drug-likeness (QED) is 0.202. The molecule has 0 spiro atoms. The molecule has 0 heterocycles. The van der Waals surface area contributed by atoms with Crippen molar-refractivity contribution in [1.29, 1.82) is 0 Å². The topological polar surface area (TPSA) is 145 Å². The summed E-state index contributed by atoms with van der Waals surface area (Å²) in [4.78, 5) is 35.7. The van der Waals surface area contributed by atoms with Crippen molar-refractivity contribution >= 4 is 35.3 Å². The number of phenols is 1. The van der Waals surface area contributed by atoms with E-state index in [2.05, 4.69) is 31.4 Å². The van der Waals surface area contributed by atoms with Gasteiger partial charge in [-0.15, -0.1) is 5.11 Å². The molecule has 0 fully saturated rings. The van der Waals surface area contributed by atoms with Gasteiger partial charge in [-0.05, 0) is 53.9 Å². The Balaban J connectivity index is 1.69. The zero-order valence-electron chi connectivity index (χ0n) is 20.7. The van der Waals surface area contributed by atoms with Crippen LogP contribution in [0.25, 0.3) is 0 Å². The molecule has 4 N–H and O–H groups in total. The van der Waals surface area contributed by atoms with Crippen LogP contribution in [0.1, 0.15) is 34.0 Å². The predicted octanol–water partition coefficient (Wildman–Crippen LogP) is 3.67. The summed E-state index contributed by atoms with van der Waals surface area (Å²) in [5.74, 6) is -1.01. The fraction of sp³-hybridized carbons (Fsp3) is 0.185. The molecule has 3 amide bonds. The van der Waals surface area contributed by atoms with E-state index in [1.54, 1.807) is 61.5 Å². The van der Waals surface area contributed by atoms with Crippen LogP contribution in [0.5, 0.6) is 5.75 Å². The molecule has 3 rings (SSSR count). The lowest BCUT2D eigenvalue weighted by atomic mass is 9.98. The number of nitrogens with zero attached hydrogens (tertiary/aromatic N) is 3. The predicted molar refractivity (Wildman–Crippen MR) is 140 cm³/mol. The van der Waals surface area contributed by atoms with Crippen molar-refractivity contribution in [3.63, 3.8) is 0 Å². The largest absolute Gasteiger partial charge is 0.506 e. The third kappa shape index (κ3) is 7.56. The zero-order valence-corrected chi connectivity index (χ0v) is 20.7. The maximum absolute atomic E-state index is 12.2. The number of carbonyl (C=O) groups excluding carboxylic acids is 3. The molecule has 3 aromatic rings. The minimum atomic E-state index is -0.762. The van der Waals surface area contributed by atoms with Gasteiger partial charge in [-0.2, -0.15) is 10.2 Å². The van der Waals surface area contributed by atoms with Gasteiger partial charge in [-0.1, -0.05) is 36.4 Å². The maximum atomic E-state index is 12.2. The molecule has 0 saturated carbocycles. The second-order valence-electron chi connectivity index (χ2n) is 8.15. The number of hydrogen-bond acceptors (Lipinski definition) is 7. The van der Waals surface area contributed by atoms with Gasteiger partial charge in [0.15, 0.2) is 0 Å². The van der Waals surface area contributed by atoms with Crippen LogP contribution in [0.4, 0.5) is 11.4 Å². The Morgan fingerprint density at radius 2 is 1.68 bits per heavy atom. The highest BCUT2D eigenvalue weighted by Crippen LogP contribution is 2.34. The summed E-state index contributed by atoms with van der Waals surface area (Å²) in [6, 6.07) is 18.1. The molecule has 0 aromatic heterocycles. The van der Waals surface area contributed by atoms with E-state index >= 15 is 0 Å². The average molecular weight is 501 g/mol. The number of hydrogen-bond donors (Lipinski definition) is 4. The third-order valence-corrected chi connectivity index (χ3v) is 5.46. The van der Waals surface area contributed by atoms with Crippen LogP contribution in [0.2, 0.25) is 0 Å². The van der Waals surface area contributed by atoms with E-state index in [0.717, 1.165) is 11.1 Å². The van der Waals surface area contributed by atoms with Crippen LogP contribution in [-0.4, -0.2) is 42.1 Å². The molecule has 10 heteroatoms. The summed E-state index contributed by atoms with van der Waals surface area (Å²) in [7, 11) is 1.50. The normalized spacial score (nSPS) is 11.9. The van der Waals surface area contributed by atoms with Crippen LogP contribution in [-0.2, 0) is 16.0 Å². The summed E-state index contributed by atoms with van der Waals surface area (Å²) in [5, 5.41) is 27.9. The van der Waals surface area contributed by atoms with Gasteiger partial charge in [-0.3, -0.25) is 14.4 Å². The highest BCUT2D eigenvalue weighted by atomic mass is 16.3. The van der Waals surface area contributed by atoms with Crippen molar-refractivity contribution in [3.05, 3.63) is 89.0 Å². The molecule has 0 aliphatic carbocycles. The molecule has 0 aliphatic rings.